The molecule has 6 nitrogen and oxygen atoms in total. The van der Waals surface area contributed by atoms with E-state index in [0.717, 1.165) is 5.69 Å². The Kier molecular flexibility index (Phi) is 3.56. The number of benzene rings is 2. The third-order valence-electron chi connectivity index (χ3n) is 3.04. The highest BCUT2D eigenvalue weighted by Crippen LogP contribution is 2.19. The van der Waals surface area contributed by atoms with E-state index in [1.54, 1.807) is 35.3 Å². The summed E-state index contributed by atoms with van der Waals surface area (Å²) in [6, 6.07) is 14.0. The highest BCUT2D eigenvalue weighted by molar-refractivity contribution is 7.92. The minimum absolute atomic E-state index is 0.0755. The van der Waals surface area contributed by atoms with Gasteiger partial charge in [-0.05, 0) is 54.6 Å². The van der Waals surface area contributed by atoms with Crippen LogP contribution in [0.2, 0.25) is 0 Å². The lowest BCUT2D eigenvalue weighted by molar-refractivity contribution is 0.475. The first kappa shape index (κ1) is 14.2. The van der Waals surface area contributed by atoms with Gasteiger partial charge in [-0.3, -0.25) is 4.72 Å². The van der Waals surface area contributed by atoms with Gasteiger partial charge in [-0.2, -0.15) is 5.10 Å². The predicted molar refractivity (Wildman–Crippen MR) is 82.5 cm³/mol. The van der Waals surface area contributed by atoms with Gasteiger partial charge in [0.15, 0.2) is 0 Å². The Labute approximate surface area is 127 Å². The quantitative estimate of drug-likeness (QED) is 0.724. The summed E-state index contributed by atoms with van der Waals surface area (Å²) in [7, 11) is -3.67. The van der Waals surface area contributed by atoms with Gasteiger partial charge in [0.05, 0.1) is 10.6 Å². The number of aromatic hydroxyl groups is 1. The molecule has 2 N–H and O–H groups in total. The molecule has 3 rings (SSSR count). The van der Waals surface area contributed by atoms with Crippen molar-refractivity contribution in [3.63, 3.8) is 0 Å². The van der Waals surface area contributed by atoms with Crippen molar-refractivity contribution in [1.29, 1.82) is 0 Å². The molecule has 0 atom stereocenters. The fourth-order valence-electron chi connectivity index (χ4n) is 1.94. The normalized spacial score (nSPS) is 11.3. The number of rotatable bonds is 4. The van der Waals surface area contributed by atoms with Crippen LogP contribution in [0.4, 0.5) is 5.69 Å². The summed E-state index contributed by atoms with van der Waals surface area (Å²) in [5.74, 6) is 0.0755. The summed E-state index contributed by atoms with van der Waals surface area (Å²) in [5, 5.41) is 13.3. The first-order valence-corrected chi connectivity index (χ1v) is 7.95. The Morgan fingerprint density at radius 3 is 2.27 bits per heavy atom. The van der Waals surface area contributed by atoms with Gasteiger partial charge >= 0.3 is 0 Å². The molecule has 0 saturated carbocycles. The third-order valence-corrected chi connectivity index (χ3v) is 4.43. The van der Waals surface area contributed by atoms with Crippen LogP contribution in [0.15, 0.2) is 71.9 Å². The molecule has 0 spiro atoms. The van der Waals surface area contributed by atoms with Gasteiger partial charge in [-0.25, -0.2) is 13.1 Å². The van der Waals surface area contributed by atoms with E-state index in [1.807, 2.05) is 0 Å². The minimum Gasteiger partial charge on any atom is -0.508 e. The smallest absolute Gasteiger partial charge is 0.261 e. The number of phenols is 1. The number of nitrogens with one attached hydrogen (secondary N) is 1. The van der Waals surface area contributed by atoms with Crippen molar-refractivity contribution < 1.29 is 13.5 Å². The molecule has 0 amide bonds. The van der Waals surface area contributed by atoms with Crippen LogP contribution in [-0.2, 0) is 10.0 Å². The first-order chi connectivity index (χ1) is 10.5. The average Bonchev–Trinajstić information content (AvgIpc) is 3.04. The molecule has 0 unspecified atom stereocenters. The SMILES string of the molecule is O=S(=O)(Nc1ccc(O)cc1)c1ccc(-n2cccn2)cc1. The standard InChI is InChI=1S/C15H13N3O3S/c19-14-6-2-12(3-7-14)17-22(20,21)15-8-4-13(5-9-15)18-11-1-10-16-18/h1-11,17,19H. The molecule has 0 aliphatic heterocycles. The van der Waals surface area contributed by atoms with Crippen molar-refractivity contribution in [2.24, 2.45) is 0 Å². The maximum atomic E-state index is 12.3. The summed E-state index contributed by atoms with van der Waals surface area (Å²) < 4.78 is 28.7. The van der Waals surface area contributed by atoms with E-state index in [4.69, 9.17) is 0 Å². The topological polar surface area (TPSA) is 84.2 Å². The fourth-order valence-corrected chi connectivity index (χ4v) is 3.00. The molecule has 112 valence electrons. The molecule has 2 aromatic carbocycles. The van der Waals surface area contributed by atoms with Crippen molar-refractivity contribution in [2.45, 2.75) is 4.90 Å². The summed E-state index contributed by atoms with van der Waals surface area (Å²) in [4.78, 5) is 0.150. The molecule has 0 radical (unpaired) electrons. The Morgan fingerprint density at radius 1 is 1.00 bits per heavy atom. The number of aromatic nitrogens is 2. The largest absolute Gasteiger partial charge is 0.508 e. The third kappa shape index (κ3) is 2.94. The first-order valence-electron chi connectivity index (χ1n) is 6.46. The number of hydrogen-bond donors (Lipinski definition) is 2. The molecule has 1 heterocycles. The van der Waals surface area contributed by atoms with E-state index < -0.39 is 10.0 Å². The number of phenolic OH excluding ortho intramolecular Hbond substituents is 1. The zero-order valence-corrected chi connectivity index (χ0v) is 12.2. The van der Waals surface area contributed by atoms with E-state index in [9.17, 15) is 13.5 Å². The van der Waals surface area contributed by atoms with Gasteiger partial charge in [0.1, 0.15) is 5.75 Å². The Morgan fingerprint density at radius 2 is 1.68 bits per heavy atom. The van der Waals surface area contributed by atoms with E-state index >= 15 is 0 Å². The molecule has 7 heteroatoms. The molecule has 3 aromatic rings. The van der Waals surface area contributed by atoms with Crippen molar-refractivity contribution in [3.8, 4) is 11.4 Å². The lowest BCUT2D eigenvalue weighted by atomic mass is 10.3. The van der Waals surface area contributed by atoms with Gasteiger partial charge in [-0.1, -0.05) is 0 Å². The van der Waals surface area contributed by atoms with Crippen molar-refractivity contribution in [2.75, 3.05) is 4.72 Å². The van der Waals surface area contributed by atoms with E-state index in [1.165, 1.54) is 36.4 Å². The van der Waals surface area contributed by atoms with Crippen LogP contribution in [0.25, 0.3) is 5.69 Å². The zero-order valence-electron chi connectivity index (χ0n) is 11.4. The Hall–Kier alpha value is -2.80. The van der Waals surface area contributed by atoms with Crippen LogP contribution < -0.4 is 4.72 Å². The van der Waals surface area contributed by atoms with Crippen LogP contribution in [0.5, 0.6) is 5.75 Å². The van der Waals surface area contributed by atoms with Gasteiger partial charge < -0.3 is 5.11 Å². The van der Waals surface area contributed by atoms with Crippen LogP contribution in [-0.4, -0.2) is 23.3 Å². The second kappa shape index (κ2) is 5.53. The summed E-state index contributed by atoms with van der Waals surface area (Å²) in [5.41, 5.74) is 1.16. The molecule has 0 aliphatic carbocycles. The maximum absolute atomic E-state index is 12.3. The van der Waals surface area contributed by atoms with Gasteiger partial charge in [0, 0.05) is 18.1 Å². The van der Waals surface area contributed by atoms with E-state index in [0.29, 0.717) is 5.69 Å². The maximum Gasteiger partial charge on any atom is 0.261 e. The number of nitrogens with zero attached hydrogens (tertiary/aromatic N) is 2. The summed E-state index contributed by atoms with van der Waals surface area (Å²) in [6.45, 7) is 0. The Bertz CT molecular complexity index is 855. The molecule has 0 fully saturated rings. The second-order valence-corrected chi connectivity index (χ2v) is 6.28. The monoisotopic (exact) mass is 315 g/mol. The molecular formula is C15H13N3O3S. The molecule has 0 saturated heterocycles. The molecule has 0 aliphatic rings. The Balaban J connectivity index is 1.84. The molecular weight excluding hydrogens is 302 g/mol. The summed E-state index contributed by atoms with van der Waals surface area (Å²) >= 11 is 0. The van der Waals surface area contributed by atoms with E-state index in [2.05, 4.69) is 9.82 Å². The second-order valence-electron chi connectivity index (χ2n) is 4.60. The molecule has 0 bridgehead atoms. The number of hydrogen-bond acceptors (Lipinski definition) is 4. The van der Waals surface area contributed by atoms with Crippen molar-refractivity contribution in [3.05, 3.63) is 67.0 Å². The van der Waals surface area contributed by atoms with Crippen LogP contribution >= 0.6 is 0 Å². The molecule has 1 aromatic heterocycles. The van der Waals surface area contributed by atoms with Crippen molar-refractivity contribution >= 4 is 15.7 Å². The van der Waals surface area contributed by atoms with Crippen LogP contribution in [0.3, 0.4) is 0 Å². The van der Waals surface area contributed by atoms with Gasteiger partial charge in [-0.15, -0.1) is 0 Å². The van der Waals surface area contributed by atoms with Crippen LogP contribution in [0, 0.1) is 0 Å². The highest BCUT2D eigenvalue weighted by Gasteiger charge is 2.14. The molecule has 22 heavy (non-hydrogen) atoms. The fraction of sp³-hybridized carbons (Fsp3) is 0. The lowest BCUT2D eigenvalue weighted by Crippen LogP contribution is -2.12. The van der Waals surface area contributed by atoms with Gasteiger partial charge in [0.2, 0.25) is 0 Å². The highest BCUT2D eigenvalue weighted by atomic mass is 32.2. The summed E-state index contributed by atoms with van der Waals surface area (Å²) in [6.07, 6.45) is 3.43. The van der Waals surface area contributed by atoms with E-state index in [-0.39, 0.29) is 10.6 Å². The number of sulfonamides is 1. The van der Waals surface area contributed by atoms with Crippen molar-refractivity contribution in [1.82, 2.24) is 9.78 Å². The van der Waals surface area contributed by atoms with Crippen LogP contribution in [0.1, 0.15) is 0 Å². The number of anilines is 1. The minimum atomic E-state index is -3.67. The average molecular weight is 315 g/mol. The van der Waals surface area contributed by atoms with Gasteiger partial charge in [0.25, 0.3) is 10.0 Å². The lowest BCUT2D eigenvalue weighted by Gasteiger charge is -2.09. The zero-order chi connectivity index (χ0) is 15.6. The predicted octanol–water partition coefficient (Wildman–Crippen LogP) is 2.38.